The molecule has 6 nitrogen and oxygen atoms in total. The van der Waals surface area contributed by atoms with Crippen molar-refractivity contribution in [2.75, 3.05) is 6.61 Å². The number of unbranched alkanes of at least 4 members (excludes halogenated alkanes) is 28. The van der Waals surface area contributed by atoms with Crippen LogP contribution in [0, 0.1) is 0 Å². The number of esters is 1. The van der Waals surface area contributed by atoms with Gasteiger partial charge in [0, 0.05) is 6.42 Å². The molecule has 314 valence electrons. The molecule has 0 aromatic rings. The van der Waals surface area contributed by atoms with Crippen molar-refractivity contribution in [1.29, 1.82) is 0 Å². The number of carbonyl (C=O) groups excluding carboxylic acids is 2. The van der Waals surface area contributed by atoms with Gasteiger partial charge in [-0.3, -0.25) is 9.59 Å². The highest BCUT2D eigenvalue weighted by Gasteiger charge is 2.24. The molecule has 0 saturated heterocycles. The molecule has 0 aliphatic carbocycles. The van der Waals surface area contributed by atoms with E-state index in [0.29, 0.717) is 19.3 Å². The van der Waals surface area contributed by atoms with Gasteiger partial charge in [-0.15, -0.1) is 0 Å². The van der Waals surface area contributed by atoms with E-state index in [2.05, 4.69) is 38.2 Å². The van der Waals surface area contributed by atoms with E-state index in [0.717, 1.165) is 64.2 Å². The van der Waals surface area contributed by atoms with Crippen molar-refractivity contribution in [3.05, 3.63) is 12.2 Å². The molecule has 0 fully saturated rings. The molecule has 0 aliphatic heterocycles. The molecule has 3 unspecified atom stereocenters. The molecule has 53 heavy (non-hydrogen) atoms. The topological polar surface area (TPSA) is 95.9 Å². The van der Waals surface area contributed by atoms with Crippen molar-refractivity contribution >= 4 is 11.9 Å². The van der Waals surface area contributed by atoms with E-state index in [1.807, 2.05) is 0 Å². The van der Waals surface area contributed by atoms with Gasteiger partial charge in [-0.1, -0.05) is 206 Å². The molecule has 6 heteroatoms. The standard InChI is InChI=1S/C47H91NO5/c1-4-7-10-13-16-19-21-23-24-25-27-30-33-36-39-45(50)44(42-49)48-46(51)41-43(38-35-32-29-18-15-12-9-6-3)53-47(52)40-37-34-31-28-26-22-20-17-14-11-8-5-2/h12,15,43-45,49-50H,4-11,13-14,16-42H2,1-3H3,(H,48,51)/b15-12-. The third kappa shape index (κ3) is 37.3. The molecule has 0 saturated carbocycles. The van der Waals surface area contributed by atoms with Gasteiger partial charge >= 0.3 is 5.97 Å². The highest BCUT2D eigenvalue weighted by atomic mass is 16.5. The van der Waals surface area contributed by atoms with E-state index in [9.17, 15) is 19.8 Å². The first kappa shape index (κ1) is 51.6. The quantitative estimate of drug-likeness (QED) is 0.0328. The van der Waals surface area contributed by atoms with Crippen LogP contribution in [-0.2, 0) is 14.3 Å². The van der Waals surface area contributed by atoms with Crippen LogP contribution in [0.15, 0.2) is 12.2 Å². The molecule has 0 radical (unpaired) electrons. The van der Waals surface area contributed by atoms with Crippen LogP contribution in [-0.4, -0.2) is 46.9 Å². The lowest BCUT2D eigenvalue weighted by atomic mass is 10.0. The summed E-state index contributed by atoms with van der Waals surface area (Å²) in [5, 5.41) is 23.6. The predicted molar refractivity (Wildman–Crippen MR) is 227 cm³/mol. The van der Waals surface area contributed by atoms with E-state index >= 15 is 0 Å². The van der Waals surface area contributed by atoms with Crippen molar-refractivity contribution in [3.63, 3.8) is 0 Å². The van der Waals surface area contributed by atoms with Crippen LogP contribution >= 0.6 is 0 Å². The van der Waals surface area contributed by atoms with Gasteiger partial charge in [-0.05, 0) is 44.9 Å². The van der Waals surface area contributed by atoms with Crippen molar-refractivity contribution in [1.82, 2.24) is 5.32 Å². The average Bonchev–Trinajstić information content (AvgIpc) is 3.15. The second-order valence-electron chi connectivity index (χ2n) is 16.2. The highest BCUT2D eigenvalue weighted by Crippen LogP contribution is 2.18. The summed E-state index contributed by atoms with van der Waals surface area (Å²) in [4.78, 5) is 25.9. The summed E-state index contributed by atoms with van der Waals surface area (Å²) in [5.74, 6) is -0.483. The Kier molecular flexibility index (Phi) is 40.7. The second-order valence-corrected chi connectivity index (χ2v) is 16.2. The maximum Gasteiger partial charge on any atom is 0.306 e. The lowest BCUT2D eigenvalue weighted by Crippen LogP contribution is -2.46. The SMILES string of the molecule is CCC/C=C\CCCCCC(CC(=O)NC(CO)C(O)CCCCCCCCCCCCCCCC)OC(=O)CCCCCCCCCCCCCC. The fraction of sp³-hybridized carbons (Fsp3) is 0.915. The van der Waals surface area contributed by atoms with Gasteiger partial charge < -0.3 is 20.3 Å². The highest BCUT2D eigenvalue weighted by molar-refractivity contribution is 5.77. The number of hydrogen-bond acceptors (Lipinski definition) is 5. The number of nitrogens with one attached hydrogen (secondary N) is 1. The Morgan fingerprint density at radius 1 is 0.528 bits per heavy atom. The van der Waals surface area contributed by atoms with Gasteiger partial charge in [-0.2, -0.15) is 0 Å². The normalized spacial score (nSPS) is 13.4. The summed E-state index contributed by atoms with van der Waals surface area (Å²) in [5.41, 5.74) is 0. The Bertz CT molecular complexity index is 802. The summed E-state index contributed by atoms with van der Waals surface area (Å²) in [6, 6.07) is -0.697. The first-order chi connectivity index (χ1) is 26.0. The Balaban J connectivity index is 4.43. The van der Waals surface area contributed by atoms with Crippen molar-refractivity contribution in [2.24, 2.45) is 0 Å². The van der Waals surface area contributed by atoms with Gasteiger partial charge in [0.1, 0.15) is 6.10 Å². The van der Waals surface area contributed by atoms with E-state index in [-0.39, 0.29) is 24.9 Å². The molecule has 0 rings (SSSR count). The monoisotopic (exact) mass is 750 g/mol. The Morgan fingerprint density at radius 2 is 0.943 bits per heavy atom. The van der Waals surface area contributed by atoms with Gasteiger partial charge in [0.2, 0.25) is 5.91 Å². The smallest absolute Gasteiger partial charge is 0.306 e. The molecule has 3 N–H and O–H groups in total. The van der Waals surface area contributed by atoms with E-state index in [4.69, 9.17) is 4.74 Å². The number of amides is 1. The number of aliphatic hydroxyl groups is 2. The molecule has 0 aliphatic rings. The third-order valence-corrected chi connectivity index (χ3v) is 10.8. The first-order valence-corrected chi connectivity index (χ1v) is 23.4. The summed E-state index contributed by atoms with van der Waals surface area (Å²) in [7, 11) is 0. The predicted octanol–water partition coefficient (Wildman–Crippen LogP) is 13.4. The van der Waals surface area contributed by atoms with Gasteiger partial charge in [0.15, 0.2) is 0 Å². The fourth-order valence-electron chi connectivity index (χ4n) is 7.26. The number of carbonyl (C=O) groups is 2. The molecule has 3 atom stereocenters. The van der Waals surface area contributed by atoms with Crippen molar-refractivity contribution in [2.45, 2.75) is 270 Å². The van der Waals surface area contributed by atoms with Gasteiger partial charge in [-0.25, -0.2) is 0 Å². The van der Waals surface area contributed by atoms with E-state index in [1.165, 1.54) is 141 Å². The molecule has 1 amide bonds. The maximum atomic E-state index is 13.1. The summed E-state index contributed by atoms with van der Waals surface area (Å²) >= 11 is 0. The lowest BCUT2D eigenvalue weighted by Gasteiger charge is -2.24. The average molecular weight is 750 g/mol. The van der Waals surface area contributed by atoms with E-state index in [1.54, 1.807) is 0 Å². The Morgan fingerprint density at radius 3 is 1.42 bits per heavy atom. The molecule has 0 bridgehead atoms. The number of rotatable bonds is 42. The number of aliphatic hydroxyl groups excluding tert-OH is 2. The minimum absolute atomic E-state index is 0.0721. The van der Waals surface area contributed by atoms with Crippen LogP contribution in [0.2, 0.25) is 0 Å². The van der Waals surface area contributed by atoms with E-state index < -0.39 is 18.2 Å². The second kappa shape index (κ2) is 41.8. The molecule has 0 heterocycles. The van der Waals surface area contributed by atoms with Gasteiger partial charge in [0.05, 0.1) is 25.2 Å². The number of hydrogen-bond donors (Lipinski definition) is 3. The van der Waals surface area contributed by atoms with Crippen LogP contribution < -0.4 is 5.32 Å². The first-order valence-electron chi connectivity index (χ1n) is 23.4. The summed E-state index contributed by atoms with van der Waals surface area (Å²) in [6.07, 6.45) is 44.2. The van der Waals surface area contributed by atoms with Crippen molar-refractivity contribution < 1.29 is 24.5 Å². The van der Waals surface area contributed by atoms with Crippen LogP contribution in [0.1, 0.15) is 252 Å². The van der Waals surface area contributed by atoms with Crippen LogP contribution in [0.3, 0.4) is 0 Å². The van der Waals surface area contributed by atoms with Crippen LogP contribution in [0.4, 0.5) is 0 Å². The third-order valence-electron chi connectivity index (χ3n) is 10.8. The molecular weight excluding hydrogens is 659 g/mol. The Hall–Kier alpha value is -1.40. The molecule has 0 aromatic carbocycles. The fourth-order valence-corrected chi connectivity index (χ4v) is 7.26. The summed E-state index contributed by atoms with van der Waals surface area (Å²) < 4.78 is 5.87. The Labute approximate surface area is 329 Å². The largest absolute Gasteiger partial charge is 0.462 e. The lowest BCUT2D eigenvalue weighted by molar-refractivity contribution is -0.151. The maximum absolute atomic E-state index is 13.1. The van der Waals surface area contributed by atoms with Crippen LogP contribution in [0.25, 0.3) is 0 Å². The minimum Gasteiger partial charge on any atom is -0.462 e. The number of allylic oxidation sites excluding steroid dienone is 2. The molecule has 0 spiro atoms. The zero-order valence-electron chi connectivity index (χ0n) is 35.7. The number of ether oxygens (including phenoxy) is 1. The zero-order chi connectivity index (χ0) is 38.9. The minimum atomic E-state index is -0.783. The van der Waals surface area contributed by atoms with Crippen molar-refractivity contribution in [3.8, 4) is 0 Å². The van der Waals surface area contributed by atoms with Crippen LogP contribution in [0.5, 0.6) is 0 Å². The molecule has 0 aromatic heterocycles. The zero-order valence-corrected chi connectivity index (χ0v) is 35.7. The molecular formula is C47H91NO5. The summed E-state index contributed by atoms with van der Waals surface area (Å²) in [6.45, 7) is 6.41. The van der Waals surface area contributed by atoms with Gasteiger partial charge in [0.25, 0.3) is 0 Å².